The van der Waals surface area contributed by atoms with Gasteiger partial charge in [-0.1, -0.05) is 119 Å². The summed E-state index contributed by atoms with van der Waals surface area (Å²) in [6, 6.07) is 11.2. The third-order valence-corrected chi connectivity index (χ3v) is 14.0. The van der Waals surface area contributed by atoms with Crippen molar-refractivity contribution in [2.45, 2.75) is 151 Å². The number of anilines is 2. The van der Waals surface area contributed by atoms with E-state index in [1.54, 1.807) is 65.6 Å². The number of esters is 1. The molecule has 7 heterocycles. The van der Waals surface area contributed by atoms with Crippen molar-refractivity contribution in [3.8, 4) is 17.2 Å². The fraction of sp³-hybridized carbons (Fsp3) is 0.500. The maximum atomic E-state index is 13.2. The zero-order valence-electron chi connectivity index (χ0n) is 50.8. The van der Waals surface area contributed by atoms with Gasteiger partial charge in [-0.15, -0.1) is 5.60 Å². The maximum Gasteiger partial charge on any atom is 1.00 e. The van der Waals surface area contributed by atoms with Crippen LogP contribution < -0.4 is 78.3 Å². The molecule has 4 aliphatic rings. The van der Waals surface area contributed by atoms with Crippen LogP contribution in [0.15, 0.2) is 71.3 Å². The number of hydrogen-bond acceptors (Lipinski definition) is 17. The first-order chi connectivity index (χ1) is 39.3. The number of nitrogens with one attached hydrogen (secondary N) is 1. The van der Waals surface area contributed by atoms with Crippen molar-refractivity contribution in [3.05, 3.63) is 115 Å². The van der Waals surface area contributed by atoms with Crippen molar-refractivity contribution >= 4 is 87.2 Å². The van der Waals surface area contributed by atoms with E-state index in [-0.39, 0.29) is 114 Å². The molecule has 2 aromatic carbocycles. The molecule has 85 heavy (non-hydrogen) atoms. The van der Waals surface area contributed by atoms with Crippen molar-refractivity contribution < 1.29 is 90.9 Å². The van der Waals surface area contributed by atoms with Gasteiger partial charge in [-0.05, 0) is 115 Å². The number of ether oxygens (including phenoxy) is 1. The van der Waals surface area contributed by atoms with Gasteiger partial charge in [0.15, 0.2) is 6.17 Å². The van der Waals surface area contributed by atoms with Crippen LogP contribution in [0, 0.1) is 11.8 Å². The van der Waals surface area contributed by atoms with E-state index in [1.165, 1.54) is 55.2 Å². The Kier molecular flexibility index (Phi) is 28.5. The number of pyridine rings is 2. The monoisotopic (exact) mass is 1280 g/mol. The first-order valence-corrected chi connectivity index (χ1v) is 29.5. The number of nitrogens with zero attached hydrogens (tertiary/aromatic N) is 9. The number of amides is 2. The van der Waals surface area contributed by atoms with Crippen molar-refractivity contribution in [1.82, 2.24) is 34.9 Å². The third-order valence-electron chi connectivity index (χ3n) is 12.9. The molecule has 0 saturated carbocycles. The van der Waals surface area contributed by atoms with E-state index in [4.69, 9.17) is 77.8 Å². The fourth-order valence-corrected chi connectivity index (χ4v) is 10.3. The second-order valence-electron chi connectivity index (χ2n) is 23.3. The third kappa shape index (κ3) is 22.3. The van der Waals surface area contributed by atoms with E-state index in [0.717, 1.165) is 67.2 Å². The van der Waals surface area contributed by atoms with Crippen molar-refractivity contribution in [2.24, 2.45) is 27.7 Å². The number of rotatable bonds is 14. The smallest absolute Gasteiger partial charge is 0.850 e. The van der Waals surface area contributed by atoms with E-state index in [2.05, 4.69) is 30.2 Å². The van der Waals surface area contributed by atoms with Gasteiger partial charge in [-0.2, -0.15) is 10.2 Å². The quantitative estimate of drug-likeness (QED) is 0.0502. The number of amidine groups is 1. The minimum Gasteiger partial charge on any atom is -0.850 e. The van der Waals surface area contributed by atoms with E-state index < -0.39 is 29.2 Å². The number of nitrogen functional groups attached to an aromatic ring is 1. The van der Waals surface area contributed by atoms with Crippen LogP contribution in [-0.2, 0) is 40.3 Å². The number of aliphatic hydroxyl groups is 1. The Morgan fingerprint density at radius 2 is 1.22 bits per heavy atom. The number of carbonyl (C=O) groups is 3. The molecule has 3 aromatic heterocycles. The van der Waals surface area contributed by atoms with E-state index in [1.807, 2.05) is 52.0 Å². The molecule has 2 fully saturated rings. The molecule has 0 bridgehead atoms. The number of nitrogens with two attached hydrogens (primary N) is 2. The molecule has 0 spiro atoms. The molecule has 0 radical (unpaired) electrons. The van der Waals surface area contributed by atoms with E-state index in [0.29, 0.717) is 46.0 Å². The molecular formula is C60H81Cl4KN12O8. The number of carbonyl (C=O) groups excluding carboxylic acids is 3. The molecule has 2 unspecified atom stereocenters. The molecule has 2 atom stereocenters. The zero-order valence-corrected chi connectivity index (χ0v) is 57.0. The maximum absolute atomic E-state index is 13.2. The van der Waals surface area contributed by atoms with Gasteiger partial charge in [0, 0.05) is 55.4 Å². The SMILES string of the molecule is CC(C)(C)O.CC(C)(C)[O-].CC(C)C1=NN(c2c(Cl)cncc2Cl)C2N=C(Cc3ccc(CN4CCCC4)c(O)c3)NC(=O)C12.CC(C)c1nn(-c2c(Cl)cncc2Cl)c(N)c1C(N)=O.CCOC(=O)Cc1ccc(CN2CCCC2)c(O)c1.[K+]. The molecule has 4 aliphatic heterocycles. The number of phenolic OH excluding ortho intramolecular Hbond substituents is 2. The van der Waals surface area contributed by atoms with Crippen LogP contribution in [0.1, 0.15) is 146 Å². The number of primary amides is 1. The summed E-state index contributed by atoms with van der Waals surface area (Å²) in [5.41, 5.74) is 15.8. The van der Waals surface area contributed by atoms with Gasteiger partial charge in [0.25, 0.3) is 5.91 Å². The van der Waals surface area contributed by atoms with Crippen LogP contribution in [0.25, 0.3) is 5.69 Å². The second-order valence-corrected chi connectivity index (χ2v) is 24.9. The van der Waals surface area contributed by atoms with E-state index >= 15 is 0 Å². The Balaban J connectivity index is 0.000000265. The summed E-state index contributed by atoms with van der Waals surface area (Å²) in [6.07, 6.45) is 10.7. The number of aromatic nitrogens is 4. The average Bonchev–Trinajstić information content (AvgIpc) is 4.34. The number of aliphatic imine (C=N–C) groups is 1. The van der Waals surface area contributed by atoms with Gasteiger partial charge < -0.3 is 41.9 Å². The molecule has 0 aliphatic carbocycles. The Labute approximate surface area is 562 Å². The molecule has 5 aromatic rings. The zero-order chi connectivity index (χ0) is 62.4. The van der Waals surface area contributed by atoms with Gasteiger partial charge in [0.05, 0.1) is 50.1 Å². The number of hydrogen-bond donors (Lipinski definition) is 6. The summed E-state index contributed by atoms with van der Waals surface area (Å²) >= 11 is 25.0. The molecule has 20 nitrogen and oxygen atoms in total. The Bertz CT molecular complexity index is 3070. The Hall–Kier alpha value is -4.46. The van der Waals surface area contributed by atoms with Gasteiger partial charge in [-0.3, -0.25) is 34.2 Å². The first-order valence-electron chi connectivity index (χ1n) is 28.0. The van der Waals surface area contributed by atoms with Crippen molar-refractivity contribution in [1.29, 1.82) is 0 Å². The summed E-state index contributed by atoms with van der Waals surface area (Å²) in [4.78, 5) is 53.6. The molecule has 2 amide bonds. The predicted molar refractivity (Wildman–Crippen MR) is 331 cm³/mol. The number of likely N-dealkylation sites (tertiary alicyclic amines) is 2. The predicted octanol–water partition coefficient (Wildman–Crippen LogP) is 6.63. The standard InChI is InChI=1S/C25H28Cl2N6O2.C15H21NO3.C12H13Cl2N5O.C4H10O.C4H9O.K/c1-14(2)22-21-24(33(31-22)23-17(26)11-28-12-18(23)27)29-20(30-25(21)35)10-15-5-6-16(19(34)9-15)13-32-7-3-4-8-32;1-2-19-15(18)10-12-5-6-13(14(17)9-12)11-16-7-3-4-8-16;1-5(2)9-8(12(16)20)11(15)19(18-9)10-6(13)3-17-4-7(10)14;2*1-4(2,3)5;/h5-6,9,11-12,14,21,24,34H,3-4,7-8,10,13H2,1-2H3,(H,29,30,35);5-6,9,17H,2-4,7-8,10-11H2,1H3;3-5H,15H2,1-2H3,(H2,16,20);5H,1-3H3;1-3H3;/q;;;;-1;+1. The summed E-state index contributed by atoms with van der Waals surface area (Å²) < 4.78 is 6.22. The Morgan fingerprint density at radius 3 is 1.64 bits per heavy atom. The summed E-state index contributed by atoms with van der Waals surface area (Å²) in [5, 5.41) is 54.1. The molecule has 8 N–H and O–H groups in total. The Morgan fingerprint density at radius 1 is 0.776 bits per heavy atom. The van der Waals surface area contributed by atoms with Crippen LogP contribution in [0.2, 0.25) is 20.1 Å². The van der Waals surface area contributed by atoms with Crippen LogP contribution in [0.4, 0.5) is 11.5 Å². The van der Waals surface area contributed by atoms with Crippen LogP contribution in [-0.4, -0.2) is 124 Å². The summed E-state index contributed by atoms with van der Waals surface area (Å²) in [6.45, 7) is 25.9. The number of benzene rings is 2. The van der Waals surface area contributed by atoms with Crippen LogP contribution >= 0.6 is 46.4 Å². The molecule has 25 heteroatoms. The molecule has 9 rings (SSSR count). The second kappa shape index (κ2) is 33.2. The fourth-order valence-electron chi connectivity index (χ4n) is 9.24. The largest absolute Gasteiger partial charge is 1.00 e. The number of aromatic hydroxyl groups is 2. The van der Waals surface area contributed by atoms with Crippen LogP contribution in [0.5, 0.6) is 11.5 Å². The minimum absolute atomic E-state index is 0. The number of hydrazone groups is 1. The van der Waals surface area contributed by atoms with Gasteiger partial charge in [-0.25, -0.2) is 14.7 Å². The number of fused-ring (bicyclic) bond motifs is 1. The normalized spacial score (nSPS) is 16.7. The first kappa shape index (κ1) is 73.0. The van der Waals surface area contributed by atoms with Gasteiger partial charge in [0.1, 0.15) is 46.0 Å². The average molecular weight is 1280 g/mol. The molecular weight excluding hydrogens is 1200 g/mol. The van der Waals surface area contributed by atoms with E-state index in [9.17, 15) is 29.7 Å². The molecule has 458 valence electrons. The molecule has 2 saturated heterocycles. The number of phenols is 2. The summed E-state index contributed by atoms with van der Waals surface area (Å²) in [5.74, 6) is -0.443. The topological polar surface area (TPSA) is 286 Å². The van der Waals surface area contributed by atoms with Crippen molar-refractivity contribution in [3.63, 3.8) is 0 Å². The van der Waals surface area contributed by atoms with Gasteiger partial charge >= 0.3 is 57.4 Å². The number of halogens is 4. The summed E-state index contributed by atoms with van der Waals surface area (Å²) in [7, 11) is 0. The van der Waals surface area contributed by atoms with Crippen molar-refractivity contribution in [2.75, 3.05) is 43.5 Å². The minimum atomic E-state index is -0.750. The van der Waals surface area contributed by atoms with Gasteiger partial charge in [0.2, 0.25) is 5.91 Å². The van der Waals surface area contributed by atoms with Crippen LogP contribution in [0.3, 0.4) is 0 Å².